The molecule has 0 aliphatic carbocycles. The van der Waals surface area contributed by atoms with Crippen LogP contribution in [0.1, 0.15) is 18.9 Å². The van der Waals surface area contributed by atoms with Gasteiger partial charge in [-0.15, -0.1) is 0 Å². The first-order valence-corrected chi connectivity index (χ1v) is 6.96. The number of nitrogens with zero attached hydrogens (tertiary/aromatic N) is 2. The first-order chi connectivity index (χ1) is 10.8. The fourth-order valence-electron chi connectivity index (χ4n) is 2.01. The largest absolute Gasteiger partial charge is 0.497 e. The molecule has 0 N–H and O–H groups in total. The zero-order valence-corrected chi connectivity index (χ0v) is 12.4. The Morgan fingerprint density at radius 3 is 2.36 bits per heavy atom. The summed E-state index contributed by atoms with van der Waals surface area (Å²) in [5.41, 5.74) is 0.864. The maximum Gasteiger partial charge on any atom is 0.267 e. The topological polar surface area (TPSA) is 57.4 Å². The Morgan fingerprint density at radius 2 is 1.68 bits per heavy atom. The van der Waals surface area contributed by atoms with Crippen LogP contribution < -0.4 is 9.47 Å². The normalized spacial score (nSPS) is 11.9. The van der Waals surface area contributed by atoms with E-state index < -0.39 is 0 Å². The van der Waals surface area contributed by atoms with Gasteiger partial charge >= 0.3 is 0 Å². The molecule has 0 aliphatic rings. The average molecular weight is 296 g/mol. The first kappa shape index (κ1) is 14.1. The number of aromatic nitrogens is 2. The molecule has 1 aromatic heterocycles. The third-order valence-electron chi connectivity index (χ3n) is 3.19. The molecule has 0 spiro atoms. The fraction of sp³-hybridized carbons (Fsp3) is 0.176. The van der Waals surface area contributed by atoms with E-state index >= 15 is 0 Å². The molecule has 5 heteroatoms. The number of benzene rings is 2. The molecule has 22 heavy (non-hydrogen) atoms. The van der Waals surface area contributed by atoms with Crippen molar-refractivity contribution in [3.8, 4) is 22.9 Å². The molecule has 0 fully saturated rings. The summed E-state index contributed by atoms with van der Waals surface area (Å²) >= 11 is 0. The van der Waals surface area contributed by atoms with Crippen LogP contribution in [0.25, 0.3) is 11.4 Å². The molecular formula is C17H16N2O3. The molecule has 0 radical (unpaired) electrons. The minimum atomic E-state index is -0.318. The van der Waals surface area contributed by atoms with Crippen LogP contribution in [0.15, 0.2) is 59.1 Å². The summed E-state index contributed by atoms with van der Waals surface area (Å²) in [6, 6.07) is 17.0. The molecule has 112 valence electrons. The van der Waals surface area contributed by atoms with E-state index in [9.17, 15) is 0 Å². The number of hydrogen-bond acceptors (Lipinski definition) is 5. The van der Waals surface area contributed by atoms with E-state index in [1.54, 1.807) is 7.11 Å². The summed E-state index contributed by atoms with van der Waals surface area (Å²) in [5.74, 6) is 2.52. The predicted molar refractivity (Wildman–Crippen MR) is 81.8 cm³/mol. The molecule has 1 atom stereocenters. The van der Waals surface area contributed by atoms with Gasteiger partial charge in [0, 0.05) is 5.56 Å². The van der Waals surface area contributed by atoms with Crippen LogP contribution in [0.2, 0.25) is 0 Å². The van der Waals surface area contributed by atoms with E-state index in [1.165, 1.54) is 0 Å². The van der Waals surface area contributed by atoms with Crippen LogP contribution in [0, 0.1) is 0 Å². The van der Waals surface area contributed by atoms with E-state index in [1.807, 2.05) is 61.5 Å². The fourth-order valence-corrected chi connectivity index (χ4v) is 2.01. The molecule has 0 bridgehead atoms. The van der Waals surface area contributed by atoms with Crippen molar-refractivity contribution in [3.05, 3.63) is 60.5 Å². The molecule has 2 aromatic carbocycles. The Balaban J connectivity index is 1.75. The smallest absolute Gasteiger partial charge is 0.267 e. The van der Waals surface area contributed by atoms with Crippen molar-refractivity contribution < 1.29 is 14.0 Å². The molecule has 0 saturated carbocycles. The Morgan fingerprint density at radius 1 is 0.955 bits per heavy atom. The van der Waals surface area contributed by atoms with E-state index in [0.717, 1.165) is 17.1 Å². The molecular weight excluding hydrogens is 280 g/mol. The van der Waals surface area contributed by atoms with Gasteiger partial charge in [-0.2, -0.15) is 4.98 Å². The van der Waals surface area contributed by atoms with Gasteiger partial charge in [-0.1, -0.05) is 23.4 Å². The van der Waals surface area contributed by atoms with Gasteiger partial charge < -0.3 is 14.0 Å². The minimum Gasteiger partial charge on any atom is -0.497 e. The number of ether oxygens (including phenoxy) is 2. The van der Waals surface area contributed by atoms with Crippen molar-refractivity contribution >= 4 is 0 Å². The Bertz CT molecular complexity index is 723. The van der Waals surface area contributed by atoms with Gasteiger partial charge in [0.1, 0.15) is 11.5 Å². The lowest BCUT2D eigenvalue weighted by Gasteiger charge is -2.09. The molecule has 1 heterocycles. The number of hydrogen-bond donors (Lipinski definition) is 0. The highest BCUT2D eigenvalue weighted by molar-refractivity contribution is 5.55. The van der Waals surface area contributed by atoms with Crippen molar-refractivity contribution in [1.82, 2.24) is 10.1 Å². The van der Waals surface area contributed by atoms with Gasteiger partial charge in [0.2, 0.25) is 5.82 Å². The second kappa shape index (κ2) is 6.30. The summed E-state index contributed by atoms with van der Waals surface area (Å²) in [6.07, 6.45) is -0.318. The van der Waals surface area contributed by atoms with Crippen LogP contribution in [-0.2, 0) is 0 Å². The molecule has 0 saturated heterocycles. The van der Waals surface area contributed by atoms with Crippen LogP contribution in [0.3, 0.4) is 0 Å². The second-order valence-corrected chi connectivity index (χ2v) is 4.76. The van der Waals surface area contributed by atoms with Crippen LogP contribution in [0.5, 0.6) is 11.5 Å². The maximum atomic E-state index is 5.77. The van der Waals surface area contributed by atoms with Crippen molar-refractivity contribution in [2.45, 2.75) is 13.0 Å². The van der Waals surface area contributed by atoms with E-state index in [4.69, 9.17) is 14.0 Å². The summed E-state index contributed by atoms with van der Waals surface area (Å²) in [6.45, 7) is 1.87. The van der Waals surface area contributed by atoms with Crippen molar-refractivity contribution in [1.29, 1.82) is 0 Å². The SMILES string of the molecule is COc1ccc(-c2noc([C@@H](C)Oc3ccccc3)n2)cc1. The molecule has 5 nitrogen and oxygen atoms in total. The number of methoxy groups -OCH3 is 1. The van der Waals surface area contributed by atoms with Gasteiger partial charge in [-0.3, -0.25) is 0 Å². The minimum absolute atomic E-state index is 0.318. The third kappa shape index (κ3) is 3.09. The van der Waals surface area contributed by atoms with Crippen LogP contribution >= 0.6 is 0 Å². The lowest BCUT2D eigenvalue weighted by molar-refractivity contribution is 0.176. The maximum absolute atomic E-state index is 5.77. The van der Waals surface area contributed by atoms with Crippen LogP contribution in [0.4, 0.5) is 0 Å². The summed E-state index contributed by atoms with van der Waals surface area (Å²) < 4.78 is 16.2. The predicted octanol–water partition coefficient (Wildman–Crippen LogP) is 3.89. The van der Waals surface area contributed by atoms with E-state index in [0.29, 0.717) is 11.7 Å². The lowest BCUT2D eigenvalue weighted by atomic mass is 10.2. The number of para-hydroxylation sites is 1. The zero-order chi connectivity index (χ0) is 15.4. The molecule has 3 aromatic rings. The Hall–Kier alpha value is -2.82. The quantitative estimate of drug-likeness (QED) is 0.715. The zero-order valence-electron chi connectivity index (χ0n) is 12.4. The number of rotatable bonds is 5. The van der Waals surface area contributed by atoms with Gasteiger partial charge in [-0.25, -0.2) is 0 Å². The standard InChI is InChI=1S/C17H16N2O3/c1-12(21-15-6-4-3-5-7-15)17-18-16(19-22-17)13-8-10-14(20-2)11-9-13/h3-12H,1-2H3/t12-/m1/s1. The highest BCUT2D eigenvalue weighted by atomic mass is 16.5. The first-order valence-electron chi connectivity index (χ1n) is 6.96. The van der Waals surface area contributed by atoms with Gasteiger partial charge in [-0.05, 0) is 43.3 Å². The second-order valence-electron chi connectivity index (χ2n) is 4.76. The Labute approximate surface area is 128 Å². The third-order valence-corrected chi connectivity index (χ3v) is 3.19. The Kier molecular flexibility index (Phi) is 4.05. The van der Waals surface area contributed by atoms with Crippen molar-refractivity contribution in [3.63, 3.8) is 0 Å². The lowest BCUT2D eigenvalue weighted by Crippen LogP contribution is -2.03. The summed E-state index contributed by atoms with van der Waals surface area (Å²) in [7, 11) is 1.63. The van der Waals surface area contributed by atoms with Crippen molar-refractivity contribution in [2.24, 2.45) is 0 Å². The van der Waals surface area contributed by atoms with E-state index in [-0.39, 0.29) is 6.10 Å². The molecule has 0 amide bonds. The molecule has 3 rings (SSSR count). The highest BCUT2D eigenvalue weighted by Gasteiger charge is 2.16. The van der Waals surface area contributed by atoms with E-state index in [2.05, 4.69) is 10.1 Å². The van der Waals surface area contributed by atoms with Gasteiger partial charge in [0.15, 0.2) is 6.10 Å². The molecule has 0 unspecified atom stereocenters. The summed E-state index contributed by atoms with van der Waals surface area (Å²) in [5, 5.41) is 4.00. The van der Waals surface area contributed by atoms with Crippen LogP contribution in [-0.4, -0.2) is 17.3 Å². The highest BCUT2D eigenvalue weighted by Crippen LogP contribution is 2.24. The van der Waals surface area contributed by atoms with Crippen molar-refractivity contribution in [2.75, 3.05) is 7.11 Å². The average Bonchev–Trinajstić information content (AvgIpc) is 3.06. The summed E-state index contributed by atoms with van der Waals surface area (Å²) in [4.78, 5) is 4.39. The monoisotopic (exact) mass is 296 g/mol. The van der Waals surface area contributed by atoms with Gasteiger partial charge in [0.05, 0.1) is 7.11 Å². The molecule has 0 aliphatic heterocycles. The van der Waals surface area contributed by atoms with Gasteiger partial charge in [0.25, 0.3) is 5.89 Å².